The monoisotopic (exact) mass is 340 g/mol. The first kappa shape index (κ1) is 15.8. The molecular formula is C18H20N4O3. The van der Waals surface area contributed by atoms with Crippen molar-refractivity contribution in [3.8, 4) is 17.3 Å². The van der Waals surface area contributed by atoms with Gasteiger partial charge in [-0.15, -0.1) is 0 Å². The van der Waals surface area contributed by atoms with Crippen molar-refractivity contribution in [2.24, 2.45) is 0 Å². The fourth-order valence-corrected chi connectivity index (χ4v) is 2.88. The predicted octanol–water partition coefficient (Wildman–Crippen LogP) is 3.17. The molecule has 2 aromatic heterocycles. The van der Waals surface area contributed by atoms with Crippen LogP contribution >= 0.6 is 0 Å². The first-order valence-electron chi connectivity index (χ1n) is 8.51. The third-order valence-electron chi connectivity index (χ3n) is 4.20. The molecule has 130 valence electrons. The van der Waals surface area contributed by atoms with Gasteiger partial charge < -0.3 is 14.0 Å². The summed E-state index contributed by atoms with van der Waals surface area (Å²) in [5, 5.41) is 8.53. The largest absolute Gasteiger partial charge is 0.494 e. The van der Waals surface area contributed by atoms with Crippen LogP contribution in [0.2, 0.25) is 0 Å². The molecule has 1 aromatic carbocycles. The Bertz CT molecular complexity index is 854. The summed E-state index contributed by atoms with van der Waals surface area (Å²) in [6.45, 7) is 5.77. The second kappa shape index (κ2) is 6.68. The number of ether oxygens (including phenoxy) is 2. The molecule has 3 heterocycles. The predicted molar refractivity (Wildman–Crippen MR) is 90.0 cm³/mol. The van der Waals surface area contributed by atoms with Crippen molar-refractivity contribution in [2.75, 3.05) is 6.61 Å². The molecule has 1 aliphatic heterocycles. The van der Waals surface area contributed by atoms with E-state index in [1.807, 2.05) is 48.9 Å². The van der Waals surface area contributed by atoms with Crippen LogP contribution in [0.15, 0.2) is 34.9 Å². The smallest absolute Gasteiger partial charge is 0.278 e. The van der Waals surface area contributed by atoms with Gasteiger partial charge in [0, 0.05) is 6.42 Å². The maximum atomic E-state index is 6.00. The minimum absolute atomic E-state index is 0.0372. The van der Waals surface area contributed by atoms with Crippen molar-refractivity contribution < 1.29 is 14.0 Å². The van der Waals surface area contributed by atoms with Gasteiger partial charge in [0.15, 0.2) is 11.5 Å². The molecule has 3 aromatic rings. The summed E-state index contributed by atoms with van der Waals surface area (Å²) in [7, 11) is 0. The maximum absolute atomic E-state index is 6.00. The summed E-state index contributed by atoms with van der Waals surface area (Å²) in [6, 6.07) is 9.96. The highest BCUT2D eigenvalue weighted by Gasteiger charge is 2.24. The van der Waals surface area contributed by atoms with Crippen LogP contribution in [0.4, 0.5) is 0 Å². The Kier molecular flexibility index (Phi) is 4.23. The molecule has 1 aliphatic rings. The Morgan fingerprint density at radius 3 is 2.80 bits per heavy atom. The van der Waals surface area contributed by atoms with E-state index >= 15 is 0 Å². The van der Waals surface area contributed by atoms with Crippen molar-refractivity contribution >= 4 is 0 Å². The summed E-state index contributed by atoms with van der Waals surface area (Å²) in [6.07, 6.45) is 0.699. The van der Waals surface area contributed by atoms with Crippen LogP contribution in [-0.2, 0) is 24.3 Å². The average molecular weight is 340 g/mol. The molecule has 0 unspecified atom stereocenters. The Balaban J connectivity index is 1.53. The number of hydrogen-bond donors (Lipinski definition) is 0. The lowest BCUT2D eigenvalue weighted by Gasteiger charge is -2.24. The van der Waals surface area contributed by atoms with Crippen molar-refractivity contribution in [3.63, 3.8) is 0 Å². The molecule has 0 saturated heterocycles. The normalized spacial score (nSPS) is 16.6. The van der Waals surface area contributed by atoms with Crippen LogP contribution in [-0.4, -0.2) is 26.5 Å². The van der Waals surface area contributed by atoms with E-state index in [9.17, 15) is 0 Å². The number of aromatic nitrogens is 4. The lowest BCUT2D eigenvalue weighted by molar-refractivity contribution is -0.00115. The highest BCUT2D eigenvalue weighted by atomic mass is 16.5. The fourth-order valence-electron chi connectivity index (χ4n) is 2.88. The van der Waals surface area contributed by atoms with Gasteiger partial charge >= 0.3 is 0 Å². The van der Waals surface area contributed by atoms with Gasteiger partial charge in [-0.05, 0) is 30.7 Å². The lowest BCUT2D eigenvalue weighted by atomic mass is 10.1. The first-order chi connectivity index (χ1) is 12.3. The Labute approximate surface area is 145 Å². The SMILES string of the molecule is CCOc1ccc([C@H]2Cn3nc(-c4nc(CC)no4)cc3CO2)cc1. The molecule has 0 fully saturated rings. The highest BCUT2D eigenvalue weighted by molar-refractivity contribution is 5.47. The van der Waals surface area contributed by atoms with Gasteiger partial charge in [0.05, 0.1) is 25.5 Å². The third kappa shape index (κ3) is 3.15. The number of aryl methyl sites for hydroxylation is 1. The average Bonchev–Trinajstić information content (AvgIpc) is 3.28. The fraction of sp³-hybridized carbons (Fsp3) is 0.389. The zero-order chi connectivity index (χ0) is 17.2. The number of benzene rings is 1. The van der Waals surface area contributed by atoms with Gasteiger partial charge in [0.2, 0.25) is 0 Å². The number of nitrogens with zero attached hydrogens (tertiary/aromatic N) is 4. The van der Waals surface area contributed by atoms with Gasteiger partial charge in [-0.3, -0.25) is 4.68 Å². The Morgan fingerprint density at radius 2 is 2.08 bits per heavy atom. The van der Waals surface area contributed by atoms with Crippen molar-refractivity contribution in [1.29, 1.82) is 0 Å². The van der Waals surface area contributed by atoms with E-state index in [2.05, 4.69) is 15.2 Å². The van der Waals surface area contributed by atoms with Crippen LogP contribution < -0.4 is 4.74 Å². The van der Waals surface area contributed by atoms with Crippen LogP contribution in [0.5, 0.6) is 5.75 Å². The number of rotatable bonds is 5. The van der Waals surface area contributed by atoms with E-state index < -0.39 is 0 Å². The molecule has 0 bridgehead atoms. The summed E-state index contributed by atoms with van der Waals surface area (Å²) in [4.78, 5) is 4.34. The summed E-state index contributed by atoms with van der Waals surface area (Å²) >= 11 is 0. The molecule has 0 amide bonds. The topological polar surface area (TPSA) is 75.2 Å². The minimum atomic E-state index is -0.0372. The second-order valence-corrected chi connectivity index (χ2v) is 5.87. The van der Waals surface area contributed by atoms with E-state index in [-0.39, 0.29) is 6.10 Å². The van der Waals surface area contributed by atoms with Crippen molar-refractivity contribution in [3.05, 3.63) is 47.4 Å². The molecule has 0 spiro atoms. The van der Waals surface area contributed by atoms with E-state index in [0.29, 0.717) is 37.2 Å². The molecule has 4 rings (SSSR count). The highest BCUT2D eigenvalue weighted by Crippen LogP contribution is 2.29. The summed E-state index contributed by atoms with van der Waals surface area (Å²) < 4.78 is 18.7. The Morgan fingerprint density at radius 1 is 1.24 bits per heavy atom. The van der Waals surface area contributed by atoms with Crippen molar-refractivity contribution in [2.45, 2.75) is 39.5 Å². The van der Waals surface area contributed by atoms with Crippen LogP contribution in [0.25, 0.3) is 11.6 Å². The van der Waals surface area contributed by atoms with E-state index in [1.54, 1.807) is 0 Å². The minimum Gasteiger partial charge on any atom is -0.494 e. The molecule has 7 heteroatoms. The Hall–Kier alpha value is -2.67. The maximum Gasteiger partial charge on any atom is 0.278 e. The second-order valence-electron chi connectivity index (χ2n) is 5.87. The van der Waals surface area contributed by atoms with Crippen LogP contribution in [0.1, 0.15) is 37.0 Å². The van der Waals surface area contributed by atoms with Gasteiger partial charge in [-0.25, -0.2) is 0 Å². The number of fused-ring (bicyclic) bond motifs is 1. The van der Waals surface area contributed by atoms with E-state index in [1.165, 1.54) is 0 Å². The standard InChI is InChI=1S/C18H20N4O3/c1-3-17-19-18(25-21-17)15-9-13-11-24-16(10-22(13)20-15)12-5-7-14(8-6-12)23-4-2/h5-9,16H,3-4,10-11H2,1-2H3/t16-/m1/s1. The molecule has 7 nitrogen and oxygen atoms in total. The van der Waals surface area contributed by atoms with E-state index in [0.717, 1.165) is 23.4 Å². The molecular weight excluding hydrogens is 320 g/mol. The quantitative estimate of drug-likeness (QED) is 0.710. The third-order valence-corrected chi connectivity index (χ3v) is 4.20. The van der Waals surface area contributed by atoms with Crippen molar-refractivity contribution in [1.82, 2.24) is 19.9 Å². The summed E-state index contributed by atoms with van der Waals surface area (Å²) in [5.41, 5.74) is 2.81. The lowest BCUT2D eigenvalue weighted by Crippen LogP contribution is -2.21. The molecule has 1 atom stereocenters. The van der Waals surface area contributed by atoms with E-state index in [4.69, 9.17) is 14.0 Å². The van der Waals surface area contributed by atoms with Gasteiger partial charge in [0.1, 0.15) is 11.9 Å². The zero-order valence-corrected chi connectivity index (χ0v) is 14.3. The summed E-state index contributed by atoms with van der Waals surface area (Å²) in [5.74, 6) is 2.01. The molecule has 25 heavy (non-hydrogen) atoms. The van der Waals surface area contributed by atoms with Gasteiger partial charge in [-0.2, -0.15) is 10.1 Å². The van der Waals surface area contributed by atoms with Crippen LogP contribution in [0.3, 0.4) is 0 Å². The molecule has 0 aliphatic carbocycles. The first-order valence-corrected chi connectivity index (χ1v) is 8.51. The molecule has 0 radical (unpaired) electrons. The molecule has 0 N–H and O–H groups in total. The van der Waals surface area contributed by atoms with Gasteiger partial charge in [0.25, 0.3) is 5.89 Å². The number of hydrogen-bond acceptors (Lipinski definition) is 6. The van der Waals surface area contributed by atoms with Gasteiger partial charge in [-0.1, -0.05) is 24.2 Å². The molecule has 0 saturated carbocycles. The van der Waals surface area contributed by atoms with Crippen LogP contribution in [0, 0.1) is 0 Å². The zero-order valence-electron chi connectivity index (χ0n) is 14.3.